The minimum atomic E-state index is -0.446. The highest BCUT2D eigenvalue weighted by Crippen LogP contribution is 2.18. The van der Waals surface area contributed by atoms with Gasteiger partial charge in [0.2, 0.25) is 5.56 Å². The maximum atomic E-state index is 13.3. The monoisotopic (exact) mass is 325 g/mol. The summed E-state index contributed by atoms with van der Waals surface area (Å²) in [4.78, 5) is 28.6. The number of carbonyl (C=O) groups excluding carboxylic acids is 1. The second kappa shape index (κ2) is 6.46. The number of rotatable bonds is 1. The van der Waals surface area contributed by atoms with Crippen LogP contribution in [0, 0.1) is 5.82 Å². The lowest BCUT2D eigenvalue weighted by atomic mass is 10.1. The molecule has 1 aromatic heterocycles. The molecule has 1 saturated heterocycles. The lowest BCUT2D eigenvalue weighted by molar-refractivity contribution is 0.0711. The normalized spacial score (nSPS) is 18.1. The summed E-state index contributed by atoms with van der Waals surface area (Å²) in [6.07, 6.45) is 0. The van der Waals surface area contributed by atoms with Crippen molar-refractivity contribution in [2.24, 2.45) is 0 Å². The standard InChI is InChI=1S/C15H16FN3O2.ClH/c1-9-8-19(5-4-17-9)15(21)12-7-14(20)18-13-6-10(16)2-3-11(12)13;/h2-3,6-7,9,17H,4-5,8H2,1H3,(H,18,20);1H. The number of halogens is 2. The van der Waals surface area contributed by atoms with Crippen LogP contribution < -0.4 is 10.9 Å². The Hall–Kier alpha value is -1.92. The Balaban J connectivity index is 0.00000176. The summed E-state index contributed by atoms with van der Waals surface area (Å²) in [5, 5.41) is 3.83. The van der Waals surface area contributed by atoms with E-state index < -0.39 is 11.4 Å². The number of fused-ring (bicyclic) bond motifs is 1. The SMILES string of the molecule is CC1CN(C(=O)c2cc(=O)[nH]c3cc(F)ccc23)CCN1.Cl. The number of amides is 1. The van der Waals surface area contributed by atoms with Gasteiger partial charge in [-0.25, -0.2) is 4.39 Å². The van der Waals surface area contributed by atoms with Gasteiger partial charge in [-0.3, -0.25) is 9.59 Å². The molecule has 2 aromatic rings. The average molecular weight is 326 g/mol. The number of aromatic amines is 1. The van der Waals surface area contributed by atoms with Gasteiger partial charge in [0.1, 0.15) is 5.82 Å². The van der Waals surface area contributed by atoms with Gasteiger partial charge in [0.25, 0.3) is 5.91 Å². The van der Waals surface area contributed by atoms with E-state index in [0.29, 0.717) is 29.6 Å². The number of carbonyl (C=O) groups is 1. The summed E-state index contributed by atoms with van der Waals surface area (Å²) < 4.78 is 13.3. The number of nitrogens with one attached hydrogen (secondary N) is 2. The van der Waals surface area contributed by atoms with Crippen LogP contribution in [0.1, 0.15) is 17.3 Å². The molecule has 0 saturated carbocycles. The Morgan fingerprint density at radius 2 is 2.14 bits per heavy atom. The zero-order valence-corrected chi connectivity index (χ0v) is 12.9. The molecule has 5 nitrogen and oxygen atoms in total. The summed E-state index contributed by atoms with van der Waals surface area (Å²) in [6, 6.07) is 5.55. The number of aromatic nitrogens is 1. The molecule has 118 valence electrons. The van der Waals surface area contributed by atoms with Crippen LogP contribution in [0.25, 0.3) is 10.9 Å². The van der Waals surface area contributed by atoms with Crippen molar-refractivity contribution < 1.29 is 9.18 Å². The summed E-state index contributed by atoms with van der Waals surface area (Å²) in [7, 11) is 0. The van der Waals surface area contributed by atoms with Gasteiger partial charge in [-0.15, -0.1) is 12.4 Å². The first kappa shape index (κ1) is 16.5. The van der Waals surface area contributed by atoms with Gasteiger partial charge in [-0.05, 0) is 25.1 Å². The number of benzene rings is 1. The fourth-order valence-electron chi connectivity index (χ4n) is 2.70. The van der Waals surface area contributed by atoms with Gasteiger partial charge in [-0.1, -0.05) is 0 Å². The maximum Gasteiger partial charge on any atom is 0.254 e. The molecule has 22 heavy (non-hydrogen) atoms. The van der Waals surface area contributed by atoms with Gasteiger partial charge in [0.05, 0.1) is 11.1 Å². The van der Waals surface area contributed by atoms with E-state index >= 15 is 0 Å². The molecular formula is C15H17ClFN3O2. The topological polar surface area (TPSA) is 65.2 Å². The fourth-order valence-corrected chi connectivity index (χ4v) is 2.70. The van der Waals surface area contributed by atoms with Crippen molar-refractivity contribution in [2.45, 2.75) is 13.0 Å². The summed E-state index contributed by atoms with van der Waals surface area (Å²) in [6.45, 7) is 3.92. The largest absolute Gasteiger partial charge is 0.336 e. The van der Waals surface area contributed by atoms with E-state index in [1.165, 1.54) is 24.3 Å². The van der Waals surface area contributed by atoms with Gasteiger partial charge < -0.3 is 15.2 Å². The Kier molecular flexibility index (Phi) is 4.83. The van der Waals surface area contributed by atoms with Crippen LogP contribution in [0.15, 0.2) is 29.1 Å². The van der Waals surface area contributed by atoms with Crippen LogP contribution in [-0.2, 0) is 0 Å². The molecule has 1 fully saturated rings. The summed E-state index contributed by atoms with van der Waals surface area (Å²) in [5.74, 6) is -0.635. The molecule has 1 amide bonds. The third kappa shape index (κ3) is 3.13. The molecule has 2 heterocycles. The van der Waals surface area contributed by atoms with E-state index in [1.807, 2.05) is 6.92 Å². The van der Waals surface area contributed by atoms with E-state index in [-0.39, 0.29) is 24.4 Å². The van der Waals surface area contributed by atoms with Crippen LogP contribution in [0.4, 0.5) is 4.39 Å². The van der Waals surface area contributed by atoms with Gasteiger partial charge in [0.15, 0.2) is 0 Å². The summed E-state index contributed by atoms with van der Waals surface area (Å²) >= 11 is 0. The quantitative estimate of drug-likeness (QED) is 0.835. The van der Waals surface area contributed by atoms with E-state index in [0.717, 1.165) is 6.54 Å². The second-order valence-electron chi connectivity index (χ2n) is 5.34. The van der Waals surface area contributed by atoms with Crippen molar-refractivity contribution in [3.05, 3.63) is 46.0 Å². The zero-order valence-electron chi connectivity index (χ0n) is 12.1. The molecule has 0 radical (unpaired) electrons. The molecule has 3 rings (SSSR count). The maximum absolute atomic E-state index is 13.3. The van der Waals surface area contributed by atoms with Crippen LogP contribution in [0.5, 0.6) is 0 Å². The first-order chi connectivity index (χ1) is 10.0. The molecule has 7 heteroatoms. The number of H-pyrrole nitrogens is 1. The summed E-state index contributed by atoms with van der Waals surface area (Å²) in [5.41, 5.74) is 0.261. The molecule has 1 aliphatic rings. The minimum absolute atomic E-state index is 0. The van der Waals surface area contributed by atoms with Gasteiger partial charge in [-0.2, -0.15) is 0 Å². The second-order valence-corrected chi connectivity index (χ2v) is 5.34. The van der Waals surface area contributed by atoms with Crippen molar-refractivity contribution >= 4 is 29.2 Å². The van der Waals surface area contributed by atoms with Gasteiger partial charge in [0, 0.05) is 37.1 Å². The van der Waals surface area contributed by atoms with Crippen molar-refractivity contribution in [1.82, 2.24) is 15.2 Å². The number of hydrogen-bond acceptors (Lipinski definition) is 3. The third-order valence-electron chi connectivity index (χ3n) is 3.69. The lowest BCUT2D eigenvalue weighted by Crippen LogP contribution is -2.51. The van der Waals surface area contributed by atoms with E-state index in [2.05, 4.69) is 10.3 Å². The van der Waals surface area contributed by atoms with Crippen LogP contribution in [0.2, 0.25) is 0 Å². The smallest absolute Gasteiger partial charge is 0.254 e. The molecule has 1 aromatic carbocycles. The Labute approximate surface area is 132 Å². The van der Waals surface area contributed by atoms with Crippen LogP contribution in [-0.4, -0.2) is 41.5 Å². The molecule has 0 aliphatic carbocycles. The Morgan fingerprint density at radius 3 is 2.86 bits per heavy atom. The van der Waals surface area contributed by atoms with Crippen molar-refractivity contribution in [3.63, 3.8) is 0 Å². The highest BCUT2D eigenvalue weighted by Gasteiger charge is 2.23. The molecule has 0 bridgehead atoms. The highest BCUT2D eigenvalue weighted by atomic mass is 35.5. The number of pyridine rings is 1. The van der Waals surface area contributed by atoms with Crippen molar-refractivity contribution in [1.29, 1.82) is 0 Å². The highest BCUT2D eigenvalue weighted by molar-refractivity contribution is 6.06. The lowest BCUT2D eigenvalue weighted by Gasteiger charge is -2.32. The predicted octanol–water partition coefficient (Wildman–Crippen LogP) is 1.52. The molecular weight excluding hydrogens is 309 g/mol. The Bertz CT molecular complexity index is 762. The number of hydrogen-bond donors (Lipinski definition) is 2. The molecule has 1 atom stereocenters. The van der Waals surface area contributed by atoms with Crippen molar-refractivity contribution in [2.75, 3.05) is 19.6 Å². The number of piperazine rings is 1. The predicted molar refractivity (Wildman–Crippen MR) is 85.1 cm³/mol. The molecule has 1 aliphatic heterocycles. The molecule has 1 unspecified atom stereocenters. The van der Waals surface area contributed by atoms with Crippen molar-refractivity contribution in [3.8, 4) is 0 Å². The number of nitrogens with zero attached hydrogens (tertiary/aromatic N) is 1. The zero-order chi connectivity index (χ0) is 15.0. The minimum Gasteiger partial charge on any atom is -0.336 e. The van der Waals surface area contributed by atoms with E-state index in [1.54, 1.807) is 4.90 Å². The first-order valence-corrected chi connectivity index (χ1v) is 6.90. The Morgan fingerprint density at radius 1 is 1.36 bits per heavy atom. The molecule has 2 N–H and O–H groups in total. The van der Waals surface area contributed by atoms with E-state index in [9.17, 15) is 14.0 Å². The van der Waals surface area contributed by atoms with E-state index in [4.69, 9.17) is 0 Å². The molecule has 0 spiro atoms. The van der Waals surface area contributed by atoms with Crippen LogP contribution >= 0.6 is 12.4 Å². The third-order valence-corrected chi connectivity index (χ3v) is 3.69. The fraction of sp³-hybridized carbons (Fsp3) is 0.333. The first-order valence-electron chi connectivity index (χ1n) is 6.90. The van der Waals surface area contributed by atoms with Gasteiger partial charge >= 0.3 is 0 Å². The van der Waals surface area contributed by atoms with Crippen LogP contribution in [0.3, 0.4) is 0 Å². The average Bonchev–Trinajstić information content (AvgIpc) is 2.45.